The summed E-state index contributed by atoms with van der Waals surface area (Å²) in [6, 6.07) is 14.4. The smallest absolute Gasteiger partial charge is 0.264 e. The van der Waals surface area contributed by atoms with E-state index in [2.05, 4.69) is 26.1 Å². The van der Waals surface area contributed by atoms with Gasteiger partial charge in [0.1, 0.15) is 12.0 Å². The van der Waals surface area contributed by atoms with Crippen LogP contribution in [0.5, 0.6) is 5.75 Å². The van der Waals surface area contributed by atoms with Gasteiger partial charge >= 0.3 is 0 Å². The molecule has 0 aliphatic carbocycles. The molecule has 0 atom stereocenters. The number of hydrogen-bond donors (Lipinski definition) is 0. The SMILES string of the molecule is O=Cc1ccc(OCc2nc(-c3cccc(Br)c3)no2)cc1. The topological polar surface area (TPSA) is 65.2 Å². The summed E-state index contributed by atoms with van der Waals surface area (Å²) in [5.41, 5.74) is 1.46. The highest BCUT2D eigenvalue weighted by Gasteiger charge is 2.09. The molecule has 3 rings (SSSR count). The van der Waals surface area contributed by atoms with E-state index in [0.29, 0.717) is 23.0 Å². The van der Waals surface area contributed by atoms with Gasteiger partial charge in [0.2, 0.25) is 5.82 Å². The average molecular weight is 359 g/mol. The lowest BCUT2D eigenvalue weighted by Gasteiger charge is -2.02. The van der Waals surface area contributed by atoms with Crippen LogP contribution in [0.3, 0.4) is 0 Å². The van der Waals surface area contributed by atoms with Gasteiger partial charge in [-0.1, -0.05) is 33.2 Å². The third-order valence-electron chi connectivity index (χ3n) is 2.93. The summed E-state index contributed by atoms with van der Waals surface area (Å²) in [4.78, 5) is 14.9. The zero-order valence-electron chi connectivity index (χ0n) is 11.4. The number of rotatable bonds is 5. The first-order valence-corrected chi connectivity index (χ1v) is 7.30. The van der Waals surface area contributed by atoms with E-state index in [0.717, 1.165) is 16.3 Å². The molecule has 1 aromatic heterocycles. The Morgan fingerprint density at radius 3 is 2.73 bits per heavy atom. The maximum absolute atomic E-state index is 10.6. The van der Waals surface area contributed by atoms with Crippen LogP contribution in [0.2, 0.25) is 0 Å². The monoisotopic (exact) mass is 358 g/mol. The Morgan fingerprint density at radius 2 is 2.00 bits per heavy atom. The van der Waals surface area contributed by atoms with E-state index < -0.39 is 0 Å². The minimum absolute atomic E-state index is 0.168. The molecule has 1 heterocycles. The molecule has 110 valence electrons. The summed E-state index contributed by atoms with van der Waals surface area (Å²) >= 11 is 3.40. The van der Waals surface area contributed by atoms with Gasteiger partial charge in [0.15, 0.2) is 6.61 Å². The lowest BCUT2D eigenvalue weighted by Crippen LogP contribution is -1.95. The van der Waals surface area contributed by atoms with Crippen LogP contribution >= 0.6 is 15.9 Å². The number of carbonyl (C=O) groups is 1. The molecule has 0 spiro atoms. The normalized spacial score (nSPS) is 10.4. The van der Waals surface area contributed by atoms with Crippen LogP contribution < -0.4 is 4.74 Å². The highest BCUT2D eigenvalue weighted by Crippen LogP contribution is 2.21. The first kappa shape index (κ1) is 14.5. The van der Waals surface area contributed by atoms with Gasteiger partial charge in [-0.2, -0.15) is 4.98 Å². The fourth-order valence-corrected chi connectivity index (χ4v) is 2.25. The molecule has 22 heavy (non-hydrogen) atoms. The zero-order valence-corrected chi connectivity index (χ0v) is 13.0. The van der Waals surface area contributed by atoms with Crippen molar-refractivity contribution in [2.24, 2.45) is 0 Å². The third-order valence-corrected chi connectivity index (χ3v) is 3.42. The van der Waals surface area contributed by atoms with E-state index in [1.54, 1.807) is 24.3 Å². The summed E-state index contributed by atoms with van der Waals surface area (Å²) in [5.74, 6) is 1.53. The number of aldehydes is 1. The fourth-order valence-electron chi connectivity index (χ4n) is 1.85. The molecule has 3 aromatic rings. The van der Waals surface area contributed by atoms with Gasteiger partial charge in [-0.05, 0) is 36.4 Å². The van der Waals surface area contributed by atoms with Crippen molar-refractivity contribution in [1.82, 2.24) is 10.1 Å². The Hall–Kier alpha value is -2.47. The van der Waals surface area contributed by atoms with Gasteiger partial charge in [0.05, 0.1) is 0 Å². The number of ether oxygens (including phenoxy) is 1. The van der Waals surface area contributed by atoms with E-state index >= 15 is 0 Å². The van der Waals surface area contributed by atoms with E-state index in [9.17, 15) is 4.79 Å². The van der Waals surface area contributed by atoms with E-state index in [-0.39, 0.29) is 6.61 Å². The lowest BCUT2D eigenvalue weighted by molar-refractivity contribution is 0.112. The van der Waals surface area contributed by atoms with E-state index in [1.807, 2.05) is 24.3 Å². The van der Waals surface area contributed by atoms with Crippen LogP contribution in [0.4, 0.5) is 0 Å². The molecule has 0 aliphatic rings. The molecule has 2 aromatic carbocycles. The minimum Gasteiger partial charge on any atom is -0.484 e. The van der Waals surface area contributed by atoms with Crippen LogP contribution in [0.1, 0.15) is 16.2 Å². The van der Waals surface area contributed by atoms with Crippen molar-refractivity contribution in [1.29, 1.82) is 0 Å². The quantitative estimate of drug-likeness (QED) is 0.647. The highest BCUT2D eigenvalue weighted by atomic mass is 79.9. The number of benzene rings is 2. The second kappa shape index (κ2) is 6.53. The molecular formula is C16H11BrN2O3. The largest absolute Gasteiger partial charge is 0.484 e. The second-order valence-corrected chi connectivity index (χ2v) is 5.41. The number of hydrogen-bond acceptors (Lipinski definition) is 5. The number of carbonyl (C=O) groups excluding carboxylic acids is 1. The molecule has 0 unspecified atom stereocenters. The second-order valence-electron chi connectivity index (χ2n) is 4.50. The zero-order chi connectivity index (χ0) is 15.4. The van der Waals surface area contributed by atoms with Crippen molar-refractivity contribution in [3.05, 3.63) is 64.5 Å². The average Bonchev–Trinajstić information content (AvgIpc) is 3.02. The molecule has 0 N–H and O–H groups in total. The number of halogens is 1. The predicted octanol–water partition coefficient (Wildman–Crippen LogP) is 3.89. The summed E-state index contributed by atoms with van der Waals surface area (Å²) in [5, 5.41) is 3.93. The Balaban J connectivity index is 1.67. The van der Waals surface area contributed by atoms with Crippen molar-refractivity contribution >= 4 is 22.2 Å². The van der Waals surface area contributed by atoms with E-state index in [1.165, 1.54) is 0 Å². The highest BCUT2D eigenvalue weighted by molar-refractivity contribution is 9.10. The summed E-state index contributed by atoms with van der Waals surface area (Å²) in [6.07, 6.45) is 0.784. The van der Waals surface area contributed by atoms with Crippen molar-refractivity contribution in [2.45, 2.75) is 6.61 Å². The van der Waals surface area contributed by atoms with Gasteiger partial charge in [-0.25, -0.2) is 0 Å². The van der Waals surface area contributed by atoms with Gasteiger partial charge < -0.3 is 9.26 Å². The first-order valence-electron chi connectivity index (χ1n) is 6.51. The molecule has 5 nitrogen and oxygen atoms in total. The lowest BCUT2D eigenvalue weighted by atomic mass is 10.2. The van der Waals surface area contributed by atoms with Gasteiger partial charge in [0, 0.05) is 15.6 Å². The fraction of sp³-hybridized carbons (Fsp3) is 0.0625. The van der Waals surface area contributed by atoms with Crippen molar-refractivity contribution in [3.63, 3.8) is 0 Å². The standard InChI is InChI=1S/C16H11BrN2O3/c17-13-3-1-2-12(8-13)16-18-15(22-19-16)10-21-14-6-4-11(9-20)5-7-14/h1-9H,10H2. The maximum atomic E-state index is 10.6. The first-order chi connectivity index (χ1) is 10.7. The molecule has 0 saturated heterocycles. The summed E-state index contributed by atoms with van der Waals surface area (Å²) < 4.78 is 11.7. The molecule has 0 fully saturated rings. The number of nitrogens with zero attached hydrogens (tertiary/aromatic N) is 2. The molecule has 0 aliphatic heterocycles. The molecule has 0 saturated carbocycles. The predicted molar refractivity (Wildman–Crippen MR) is 83.6 cm³/mol. The van der Waals surface area contributed by atoms with Gasteiger partial charge in [-0.15, -0.1) is 0 Å². The Bertz CT molecular complexity index is 784. The third kappa shape index (κ3) is 3.40. The van der Waals surface area contributed by atoms with Crippen LogP contribution in [-0.4, -0.2) is 16.4 Å². The van der Waals surface area contributed by atoms with Crippen LogP contribution in [-0.2, 0) is 6.61 Å². The summed E-state index contributed by atoms with van der Waals surface area (Å²) in [6.45, 7) is 0.168. The van der Waals surface area contributed by atoms with Gasteiger partial charge in [0.25, 0.3) is 5.89 Å². The van der Waals surface area contributed by atoms with Crippen molar-refractivity contribution < 1.29 is 14.1 Å². The van der Waals surface area contributed by atoms with Crippen molar-refractivity contribution in [2.75, 3.05) is 0 Å². The van der Waals surface area contributed by atoms with Crippen LogP contribution in [0, 0.1) is 0 Å². The molecule has 6 heteroatoms. The maximum Gasteiger partial charge on any atom is 0.264 e. The van der Waals surface area contributed by atoms with E-state index in [4.69, 9.17) is 9.26 Å². The van der Waals surface area contributed by atoms with Gasteiger partial charge in [-0.3, -0.25) is 4.79 Å². The van der Waals surface area contributed by atoms with Crippen molar-refractivity contribution in [3.8, 4) is 17.1 Å². The Kier molecular flexibility index (Phi) is 4.29. The molecule has 0 radical (unpaired) electrons. The number of aromatic nitrogens is 2. The van der Waals surface area contributed by atoms with Crippen LogP contribution in [0.15, 0.2) is 57.5 Å². The molecular weight excluding hydrogens is 348 g/mol. The molecule has 0 bridgehead atoms. The summed E-state index contributed by atoms with van der Waals surface area (Å²) in [7, 11) is 0. The Morgan fingerprint density at radius 1 is 1.18 bits per heavy atom. The Labute approximate surface area is 135 Å². The minimum atomic E-state index is 0.168. The van der Waals surface area contributed by atoms with Crippen LogP contribution in [0.25, 0.3) is 11.4 Å². The molecule has 0 amide bonds.